The van der Waals surface area contributed by atoms with Crippen molar-refractivity contribution in [2.24, 2.45) is 0 Å². The van der Waals surface area contributed by atoms with Gasteiger partial charge in [0.05, 0.1) is 12.7 Å². The van der Waals surface area contributed by atoms with Crippen LogP contribution < -0.4 is 24.4 Å². The van der Waals surface area contributed by atoms with Crippen molar-refractivity contribution in [1.82, 2.24) is 9.79 Å². The van der Waals surface area contributed by atoms with Crippen molar-refractivity contribution in [3.05, 3.63) is 41.5 Å². The first-order valence-corrected chi connectivity index (χ1v) is 11.8. The number of amides is 1. The molecular weight excluding hydrogens is 497 g/mol. The second-order valence-electron chi connectivity index (χ2n) is 7.70. The third kappa shape index (κ3) is 4.81. The van der Waals surface area contributed by atoms with E-state index in [4.69, 9.17) is 18.9 Å². The zero-order valence-corrected chi connectivity index (χ0v) is 19.1. The van der Waals surface area contributed by atoms with Crippen molar-refractivity contribution in [1.29, 1.82) is 0 Å². The molecule has 2 aromatic carbocycles. The number of alkyl halides is 3. The second kappa shape index (κ2) is 9.43. The molecule has 4 rings (SSSR count). The molecule has 1 amide bonds. The average Bonchev–Trinajstić information content (AvgIpc) is 3.31. The normalized spacial score (nSPS) is 16.7. The van der Waals surface area contributed by atoms with E-state index < -0.39 is 44.2 Å². The first-order chi connectivity index (χ1) is 16.6. The highest BCUT2D eigenvalue weighted by atomic mass is 32.2. The molecule has 14 heteroatoms. The first-order valence-electron chi connectivity index (χ1n) is 10.4. The summed E-state index contributed by atoms with van der Waals surface area (Å²) in [6.07, 6.45) is -4.40. The van der Waals surface area contributed by atoms with Gasteiger partial charge in [0.25, 0.3) is 5.91 Å². The van der Waals surface area contributed by atoms with Gasteiger partial charge in [-0.2, -0.15) is 17.5 Å². The molecule has 0 aromatic heterocycles. The van der Waals surface area contributed by atoms with Crippen LogP contribution in [0.5, 0.6) is 23.0 Å². The number of ether oxygens (including phenoxy) is 4. The molecule has 1 fully saturated rings. The van der Waals surface area contributed by atoms with E-state index in [1.54, 1.807) is 0 Å². The summed E-state index contributed by atoms with van der Waals surface area (Å²) in [6.45, 7) is -0.239. The number of nitrogens with zero attached hydrogens (tertiary/aromatic N) is 1. The lowest BCUT2D eigenvalue weighted by Gasteiger charge is -2.32. The van der Waals surface area contributed by atoms with Crippen molar-refractivity contribution in [3.63, 3.8) is 0 Å². The Hall–Kier alpha value is -3.23. The molecule has 2 N–H and O–H groups in total. The Kier molecular flexibility index (Phi) is 6.71. The first kappa shape index (κ1) is 24.9. The minimum atomic E-state index is -4.46. The summed E-state index contributed by atoms with van der Waals surface area (Å²) in [5, 5.41) is 9.20. The van der Waals surface area contributed by atoms with Gasteiger partial charge in [0.2, 0.25) is 16.8 Å². The lowest BCUT2D eigenvalue weighted by molar-refractivity contribution is -0.137. The maximum absolute atomic E-state index is 13.5. The summed E-state index contributed by atoms with van der Waals surface area (Å²) in [5.74, 6) is -1.11. The Morgan fingerprint density at radius 1 is 1.17 bits per heavy atom. The number of fused-ring (bicyclic) bond motifs is 1. The number of piperidine rings is 1. The molecule has 190 valence electrons. The Labute approximate surface area is 198 Å². The number of halogens is 3. The number of carbonyl (C=O) groups excluding carboxylic acids is 1. The molecule has 0 atom stereocenters. The highest BCUT2D eigenvalue weighted by Crippen LogP contribution is 2.45. The van der Waals surface area contributed by atoms with Crippen LogP contribution in [0.4, 0.5) is 13.2 Å². The monoisotopic (exact) mass is 518 g/mol. The topological polar surface area (TPSA) is 124 Å². The van der Waals surface area contributed by atoms with Gasteiger partial charge in [-0.25, -0.2) is 13.9 Å². The van der Waals surface area contributed by atoms with E-state index in [1.165, 1.54) is 30.8 Å². The molecule has 2 aliphatic rings. The fourth-order valence-corrected chi connectivity index (χ4v) is 5.70. The van der Waals surface area contributed by atoms with Gasteiger partial charge in [0.1, 0.15) is 28.1 Å². The molecule has 0 bridgehead atoms. The molecule has 0 unspecified atom stereocenters. The second-order valence-corrected chi connectivity index (χ2v) is 9.58. The van der Waals surface area contributed by atoms with Gasteiger partial charge in [-0.3, -0.25) is 10.0 Å². The van der Waals surface area contributed by atoms with Crippen LogP contribution in [-0.2, 0) is 16.2 Å². The Bertz CT molecular complexity index is 1210. The van der Waals surface area contributed by atoms with Crippen LogP contribution in [0.15, 0.2) is 35.2 Å². The fraction of sp³-hybridized carbons (Fsp3) is 0.381. The van der Waals surface area contributed by atoms with Gasteiger partial charge in [-0.1, -0.05) is 0 Å². The third-order valence-corrected chi connectivity index (χ3v) is 7.58. The van der Waals surface area contributed by atoms with Crippen LogP contribution in [0.2, 0.25) is 0 Å². The summed E-state index contributed by atoms with van der Waals surface area (Å²) in [5.41, 5.74) is 0.166. The van der Waals surface area contributed by atoms with E-state index >= 15 is 0 Å². The number of hydroxylamine groups is 1. The highest BCUT2D eigenvalue weighted by Gasteiger charge is 2.40. The smallest absolute Gasteiger partial charge is 0.416 e. The summed E-state index contributed by atoms with van der Waals surface area (Å²) in [7, 11) is -3.09. The van der Waals surface area contributed by atoms with E-state index in [9.17, 15) is 31.6 Å². The van der Waals surface area contributed by atoms with Crippen LogP contribution in [0.25, 0.3) is 0 Å². The third-order valence-electron chi connectivity index (χ3n) is 5.61. The van der Waals surface area contributed by atoms with E-state index in [0.717, 1.165) is 16.4 Å². The van der Waals surface area contributed by atoms with E-state index in [1.807, 2.05) is 0 Å². The molecule has 0 saturated carbocycles. The van der Waals surface area contributed by atoms with Gasteiger partial charge in [-0.15, -0.1) is 0 Å². The van der Waals surface area contributed by atoms with Crippen molar-refractivity contribution in [3.8, 4) is 23.0 Å². The molecular formula is C21H21F3N2O8S. The molecule has 0 spiro atoms. The van der Waals surface area contributed by atoms with E-state index in [2.05, 4.69) is 0 Å². The number of nitrogens with one attached hydrogen (secondary N) is 1. The highest BCUT2D eigenvalue weighted by molar-refractivity contribution is 7.89. The van der Waals surface area contributed by atoms with Crippen molar-refractivity contribution in [2.45, 2.75) is 30.0 Å². The SMILES string of the molecule is COc1cc2c(c(C(=O)NO)c1S(=O)(=O)N1CCC(Oc3ccc(C(F)(F)F)cc3)CC1)OCO2. The minimum Gasteiger partial charge on any atom is -0.495 e. The van der Waals surface area contributed by atoms with Crippen LogP contribution in [0.1, 0.15) is 28.8 Å². The number of benzene rings is 2. The summed E-state index contributed by atoms with van der Waals surface area (Å²) in [4.78, 5) is 11.9. The quantitative estimate of drug-likeness (QED) is 0.442. The van der Waals surface area contributed by atoms with Gasteiger partial charge in [-0.05, 0) is 37.1 Å². The molecule has 0 aliphatic carbocycles. The number of hydrogen-bond acceptors (Lipinski definition) is 8. The maximum atomic E-state index is 13.5. The van der Waals surface area contributed by atoms with Crippen LogP contribution in [0, 0.1) is 0 Å². The average molecular weight is 518 g/mol. The molecule has 0 radical (unpaired) electrons. The lowest BCUT2D eigenvalue weighted by atomic mass is 10.1. The predicted octanol–water partition coefficient (Wildman–Crippen LogP) is 2.79. The lowest BCUT2D eigenvalue weighted by Crippen LogP contribution is -2.42. The number of rotatable bonds is 6. The van der Waals surface area contributed by atoms with Gasteiger partial charge < -0.3 is 18.9 Å². The number of methoxy groups -OCH3 is 1. The minimum absolute atomic E-state index is 0.00537. The molecule has 1 saturated heterocycles. The molecule has 35 heavy (non-hydrogen) atoms. The van der Waals surface area contributed by atoms with Gasteiger partial charge >= 0.3 is 6.18 Å². The zero-order chi connectivity index (χ0) is 25.4. The van der Waals surface area contributed by atoms with Crippen molar-refractivity contribution < 1.29 is 50.5 Å². The van der Waals surface area contributed by atoms with Crippen LogP contribution >= 0.6 is 0 Å². The number of sulfonamides is 1. The van der Waals surface area contributed by atoms with Gasteiger partial charge in [0, 0.05) is 19.2 Å². The summed E-state index contributed by atoms with van der Waals surface area (Å²) < 4.78 is 87.9. The molecule has 2 heterocycles. The Balaban J connectivity index is 1.54. The van der Waals surface area contributed by atoms with E-state index in [0.29, 0.717) is 0 Å². The van der Waals surface area contributed by atoms with Gasteiger partial charge in [0.15, 0.2) is 11.5 Å². The predicted molar refractivity (Wildman–Crippen MR) is 112 cm³/mol. The number of hydrogen-bond donors (Lipinski definition) is 2. The zero-order valence-electron chi connectivity index (χ0n) is 18.3. The standard InChI is InChI=1S/C21H21F3N2O8S/c1-31-16-10-15-18(33-11-32-15)17(20(27)25-28)19(16)35(29,30)26-8-6-14(7-9-26)34-13-4-2-12(3-5-13)21(22,23)24/h2-5,10,14,28H,6-9,11H2,1H3,(H,25,27). The van der Waals surface area contributed by atoms with E-state index in [-0.39, 0.29) is 55.7 Å². The fourth-order valence-electron chi connectivity index (χ4n) is 3.91. The van der Waals surface area contributed by atoms with Crippen molar-refractivity contribution >= 4 is 15.9 Å². The Morgan fingerprint density at radius 3 is 2.40 bits per heavy atom. The summed E-state index contributed by atoms with van der Waals surface area (Å²) >= 11 is 0. The molecule has 10 nitrogen and oxygen atoms in total. The van der Waals surface area contributed by atoms with Crippen LogP contribution in [0.3, 0.4) is 0 Å². The number of carbonyl (C=O) groups is 1. The van der Waals surface area contributed by atoms with Crippen LogP contribution in [-0.4, -0.2) is 56.9 Å². The Morgan fingerprint density at radius 2 is 1.83 bits per heavy atom. The molecule has 2 aromatic rings. The largest absolute Gasteiger partial charge is 0.495 e. The summed E-state index contributed by atoms with van der Waals surface area (Å²) in [6, 6.07) is 5.53. The van der Waals surface area contributed by atoms with Crippen molar-refractivity contribution in [2.75, 3.05) is 27.0 Å². The molecule has 2 aliphatic heterocycles. The maximum Gasteiger partial charge on any atom is 0.416 e.